The van der Waals surface area contributed by atoms with Gasteiger partial charge in [-0.15, -0.1) is 0 Å². The molecule has 36 heavy (non-hydrogen) atoms. The van der Waals surface area contributed by atoms with Gasteiger partial charge in [-0.25, -0.2) is 4.79 Å². The van der Waals surface area contributed by atoms with Crippen molar-refractivity contribution in [2.24, 2.45) is 0 Å². The van der Waals surface area contributed by atoms with E-state index in [-0.39, 0.29) is 6.03 Å². The van der Waals surface area contributed by atoms with Gasteiger partial charge in [0.15, 0.2) is 0 Å². The Hall–Kier alpha value is -4.39. The maximum Gasteiger partial charge on any atom is 0.326 e. The van der Waals surface area contributed by atoms with Crippen LogP contribution in [-0.4, -0.2) is 23.3 Å². The Morgan fingerprint density at radius 3 is 2.53 bits per heavy atom. The van der Waals surface area contributed by atoms with Crippen LogP contribution in [0.2, 0.25) is 0 Å². The van der Waals surface area contributed by atoms with Crippen LogP contribution < -0.4 is 15.0 Å². The number of nitrogens with one attached hydrogen (secondary N) is 1. The lowest BCUT2D eigenvalue weighted by Crippen LogP contribution is -2.46. The van der Waals surface area contributed by atoms with Crippen molar-refractivity contribution in [1.82, 2.24) is 15.5 Å². The summed E-state index contributed by atoms with van der Waals surface area (Å²) in [6.45, 7) is 6.03. The molecule has 0 radical (unpaired) electrons. The molecular weight excluding hydrogens is 452 g/mol. The number of hydrogen-bond acceptors (Lipinski definition) is 5. The Labute approximate surface area is 210 Å². The number of nitrogens with zero attached hydrogens (tertiary/aromatic N) is 3. The third-order valence-corrected chi connectivity index (χ3v) is 6.45. The molecule has 0 bridgehead atoms. The number of urea groups is 1. The monoisotopic (exact) mass is 480 g/mol. The fraction of sp³-hybridized carbons (Fsp3) is 0.207. The minimum absolute atomic E-state index is 0.230. The Balaban J connectivity index is 1.65. The van der Waals surface area contributed by atoms with E-state index in [0.29, 0.717) is 17.5 Å². The maximum absolute atomic E-state index is 13.4. The van der Waals surface area contributed by atoms with Crippen molar-refractivity contribution >= 4 is 17.3 Å². The number of carbonyl (C=O) groups is 1. The van der Waals surface area contributed by atoms with Gasteiger partial charge in [0.05, 0.1) is 24.4 Å². The maximum atomic E-state index is 13.4. The molecule has 1 unspecified atom stereocenters. The molecule has 1 aliphatic rings. The van der Waals surface area contributed by atoms with Gasteiger partial charge in [0, 0.05) is 11.3 Å². The predicted molar refractivity (Wildman–Crippen MR) is 140 cm³/mol. The van der Waals surface area contributed by atoms with Gasteiger partial charge in [-0.3, -0.25) is 4.90 Å². The molecule has 0 aliphatic carbocycles. The molecule has 1 N–H and O–H groups in total. The van der Waals surface area contributed by atoms with Crippen molar-refractivity contribution in [3.8, 4) is 17.1 Å². The van der Waals surface area contributed by atoms with Crippen LogP contribution in [0.5, 0.6) is 5.75 Å². The fourth-order valence-corrected chi connectivity index (χ4v) is 4.52. The summed E-state index contributed by atoms with van der Waals surface area (Å²) in [5.41, 5.74) is 6.25. The molecule has 2 heterocycles. The van der Waals surface area contributed by atoms with Gasteiger partial charge < -0.3 is 14.6 Å². The van der Waals surface area contributed by atoms with Gasteiger partial charge >= 0.3 is 6.03 Å². The largest absolute Gasteiger partial charge is 0.497 e. The number of hydrogen-bond donors (Lipinski definition) is 1. The first-order valence-corrected chi connectivity index (χ1v) is 11.9. The predicted octanol–water partition coefficient (Wildman–Crippen LogP) is 6.32. The van der Waals surface area contributed by atoms with Crippen molar-refractivity contribution in [2.45, 2.75) is 33.2 Å². The molecule has 5 rings (SSSR count). The van der Waals surface area contributed by atoms with Crippen LogP contribution in [0.1, 0.15) is 42.5 Å². The van der Waals surface area contributed by atoms with Crippen LogP contribution in [0.15, 0.2) is 83.0 Å². The van der Waals surface area contributed by atoms with E-state index in [1.54, 1.807) is 12.0 Å². The normalized spacial score (nSPS) is 15.7. The van der Waals surface area contributed by atoms with E-state index in [1.165, 1.54) is 5.56 Å². The number of methoxy groups -OCH3 is 1. The van der Waals surface area contributed by atoms with Crippen molar-refractivity contribution in [2.75, 3.05) is 12.0 Å². The number of amides is 2. The second-order valence-corrected chi connectivity index (χ2v) is 8.81. The van der Waals surface area contributed by atoms with Crippen LogP contribution in [0.25, 0.3) is 17.0 Å². The Bertz CT molecular complexity index is 1440. The zero-order valence-electron chi connectivity index (χ0n) is 20.8. The summed E-state index contributed by atoms with van der Waals surface area (Å²) in [4.78, 5) is 19.8. The van der Waals surface area contributed by atoms with Gasteiger partial charge in [-0.1, -0.05) is 60.1 Å². The molecule has 7 nitrogen and oxygen atoms in total. The van der Waals surface area contributed by atoms with Crippen LogP contribution in [-0.2, 0) is 6.42 Å². The first kappa shape index (κ1) is 23.4. The number of benzene rings is 3. The molecule has 0 saturated heterocycles. The Kier molecular flexibility index (Phi) is 6.29. The average Bonchev–Trinajstić information content (AvgIpc) is 3.38. The molecule has 7 heteroatoms. The summed E-state index contributed by atoms with van der Waals surface area (Å²) in [6, 6.07) is 22.8. The van der Waals surface area contributed by atoms with E-state index >= 15 is 0 Å². The van der Waals surface area contributed by atoms with E-state index in [1.807, 2.05) is 86.6 Å². The number of ether oxygens (including phenoxy) is 1. The highest BCUT2D eigenvalue weighted by molar-refractivity contribution is 6.01. The standard InChI is InChI=1S/C29H28N4O3/c1-5-20-12-14-23(15-13-20)33-19(3)25(26(30-29(33)34)21-9-7-11-24(17-21)35-4)28-31-27(32-36-28)22-10-6-8-18(2)16-22/h6-17,26H,5H2,1-4H3,(H,30,34). The fourth-order valence-electron chi connectivity index (χ4n) is 4.52. The molecule has 182 valence electrons. The topological polar surface area (TPSA) is 80.5 Å². The third-order valence-electron chi connectivity index (χ3n) is 6.45. The Morgan fingerprint density at radius 1 is 1.03 bits per heavy atom. The number of carbonyl (C=O) groups excluding carboxylic acids is 1. The average molecular weight is 481 g/mol. The van der Waals surface area contributed by atoms with Gasteiger partial charge in [-0.05, 0) is 61.7 Å². The molecule has 0 spiro atoms. The lowest BCUT2D eigenvalue weighted by atomic mass is 9.94. The van der Waals surface area contributed by atoms with E-state index in [2.05, 4.69) is 17.4 Å². The second-order valence-electron chi connectivity index (χ2n) is 8.81. The van der Waals surface area contributed by atoms with Gasteiger partial charge in [0.1, 0.15) is 5.75 Å². The highest BCUT2D eigenvalue weighted by Crippen LogP contribution is 2.39. The van der Waals surface area contributed by atoms with Crippen LogP contribution in [0.3, 0.4) is 0 Å². The lowest BCUT2D eigenvalue weighted by Gasteiger charge is -2.35. The number of anilines is 1. The van der Waals surface area contributed by atoms with Gasteiger partial charge in [-0.2, -0.15) is 4.98 Å². The van der Waals surface area contributed by atoms with E-state index in [4.69, 9.17) is 14.2 Å². The minimum atomic E-state index is -0.496. The zero-order chi connectivity index (χ0) is 25.2. The molecule has 4 aromatic rings. The highest BCUT2D eigenvalue weighted by Gasteiger charge is 2.36. The molecule has 1 aromatic heterocycles. The number of allylic oxidation sites excluding steroid dienone is 1. The van der Waals surface area contributed by atoms with E-state index in [9.17, 15) is 4.79 Å². The smallest absolute Gasteiger partial charge is 0.326 e. The Morgan fingerprint density at radius 2 is 1.81 bits per heavy atom. The van der Waals surface area contributed by atoms with Crippen molar-refractivity contribution < 1.29 is 14.1 Å². The summed E-state index contributed by atoms with van der Waals surface area (Å²) >= 11 is 0. The lowest BCUT2D eigenvalue weighted by molar-refractivity contribution is 0.244. The van der Waals surface area contributed by atoms with Gasteiger partial charge in [0.25, 0.3) is 5.89 Å². The molecule has 1 aliphatic heterocycles. The molecule has 0 fully saturated rings. The summed E-state index contributed by atoms with van der Waals surface area (Å²) in [7, 11) is 1.62. The molecular formula is C29H28N4O3. The zero-order valence-corrected chi connectivity index (χ0v) is 20.8. The van der Waals surface area contributed by atoms with Crippen LogP contribution >= 0.6 is 0 Å². The quantitative estimate of drug-likeness (QED) is 0.349. The van der Waals surface area contributed by atoms with E-state index < -0.39 is 6.04 Å². The SMILES string of the molecule is CCc1ccc(N2C(=O)NC(c3cccc(OC)c3)C(c3nc(-c4cccc(C)c4)no3)=C2C)cc1. The summed E-state index contributed by atoms with van der Waals surface area (Å²) in [5, 5.41) is 7.41. The van der Waals surface area contributed by atoms with Crippen molar-refractivity contribution in [3.05, 3.63) is 101 Å². The molecule has 1 atom stereocenters. The second kappa shape index (κ2) is 9.70. The third kappa shape index (κ3) is 4.35. The van der Waals surface area contributed by atoms with Crippen LogP contribution in [0.4, 0.5) is 10.5 Å². The summed E-state index contributed by atoms with van der Waals surface area (Å²) in [5.74, 6) is 1.54. The first-order chi connectivity index (χ1) is 17.5. The number of aromatic nitrogens is 2. The minimum Gasteiger partial charge on any atom is -0.497 e. The molecule has 2 amide bonds. The highest BCUT2D eigenvalue weighted by atomic mass is 16.5. The number of rotatable bonds is 6. The van der Waals surface area contributed by atoms with Gasteiger partial charge in [0.2, 0.25) is 5.82 Å². The first-order valence-electron chi connectivity index (χ1n) is 11.9. The summed E-state index contributed by atoms with van der Waals surface area (Å²) < 4.78 is 11.2. The van der Waals surface area contributed by atoms with Crippen molar-refractivity contribution in [3.63, 3.8) is 0 Å². The molecule has 0 saturated carbocycles. The van der Waals surface area contributed by atoms with Crippen molar-refractivity contribution in [1.29, 1.82) is 0 Å². The molecule has 3 aromatic carbocycles. The number of aryl methyl sites for hydroxylation is 2. The van der Waals surface area contributed by atoms with Crippen LogP contribution in [0, 0.1) is 6.92 Å². The van der Waals surface area contributed by atoms with E-state index in [0.717, 1.165) is 40.1 Å². The summed E-state index contributed by atoms with van der Waals surface area (Å²) in [6.07, 6.45) is 0.925.